The molecule has 1 saturated carbocycles. The second-order valence-corrected chi connectivity index (χ2v) is 7.80. The molecule has 1 aliphatic heterocycles. The van der Waals surface area contributed by atoms with Crippen molar-refractivity contribution < 1.29 is 0 Å². The van der Waals surface area contributed by atoms with E-state index in [1.807, 2.05) is 11.6 Å². The molecule has 0 amide bonds. The van der Waals surface area contributed by atoms with Crippen LogP contribution in [0.3, 0.4) is 0 Å². The highest BCUT2D eigenvalue weighted by molar-refractivity contribution is 5.34. The second kappa shape index (κ2) is 6.90. The molecular weight excluding hydrogens is 328 g/mol. The van der Waals surface area contributed by atoms with Gasteiger partial charge >= 0.3 is 0 Å². The van der Waals surface area contributed by atoms with E-state index >= 15 is 0 Å². The molecule has 140 valence electrons. The van der Waals surface area contributed by atoms with E-state index in [0.717, 1.165) is 49.3 Å². The molecule has 26 heavy (non-hydrogen) atoms. The van der Waals surface area contributed by atoms with Crippen molar-refractivity contribution >= 4 is 5.95 Å². The number of tetrazole rings is 1. The molecule has 1 unspecified atom stereocenters. The van der Waals surface area contributed by atoms with Crippen molar-refractivity contribution in [2.24, 2.45) is 0 Å². The lowest BCUT2D eigenvalue weighted by Gasteiger charge is -2.37. The van der Waals surface area contributed by atoms with Crippen molar-refractivity contribution in [3.8, 4) is 0 Å². The third-order valence-electron chi connectivity index (χ3n) is 5.38. The molecule has 4 rings (SSSR count). The Hall–Kier alpha value is -2.09. The second-order valence-electron chi connectivity index (χ2n) is 7.80. The minimum atomic E-state index is 0.234. The number of piperazine rings is 1. The molecule has 8 heteroatoms. The zero-order valence-electron chi connectivity index (χ0n) is 16.1. The molecular formula is C18H28N8. The van der Waals surface area contributed by atoms with Crippen molar-refractivity contribution in [3.63, 3.8) is 0 Å². The van der Waals surface area contributed by atoms with Crippen molar-refractivity contribution in [3.05, 3.63) is 23.3 Å². The first kappa shape index (κ1) is 17.3. The largest absolute Gasteiger partial charge is 0.338 e. The third-order valence-corrected chi connectivity index (χ3v) is 5.38. The number of nitrogens with zero attached hydrogens (tertiary/aromatic N) is 8. The summed E-state index contributed by atoms with van der Waals surface area (Å²) in [6.07, 6.45) is 2.39. The molecule has 1 aliphatic carbocycles. The number of rotatable bonds is 5. The molecule has 3 heterocycles. The fourth-order valence-electron chi connectivity index (χ4n) is 3.54. The van der Waals surface area contributed by atoms with Crippen LogP contribution in [-0.4, -0.2) is 61.3 Å². The lowest BCUT2D eigenvalue weighted by molar-refractivity contribution is 0.186. The smallest absolute Gasteiger partial charge is 0.225 e. The summed E-state index contributed by atoms with van der Waals surface area (Å²) in [6, 6.07) is 2.83. The van der Waals surface area contributed by atoms with E-state index in [9.17, 15) is 0 Å². The highest BCUT2D eigenvalue weighted by atomic mass is 15.6. The Morgan fingerprint density at radius 3 is 2.42 bits per heavy atom. The number of aryl methyl sites for hydroxylation is 1. The maximum atomic E-state index is 4.78. The van der Waals surface area contributed by atoms with E-state index in [4.69, 9.17) is 4.98 Å². The van der Waals surface area contributed by atoms with Gasteiger partial charge in [0.15, 0.2) is 5.82 Å². The zero-order chi connectivity index (χ0) is 18.3. The van der Waals surface area contributed by atoms with Gasteiger partial charge in [0, 0.05) is 37.6 Å². The molecule has 1 atom stereocenters. The number of hydrogen-bond acceptors (Lipinski definition) is 7. The molecule has 2 aromatic rings. The van der Waals surface area contributed by atoms with Gasteiger partial charge in [-0.25, -0.2) is 14.6 Å². The predicted molar refractivity (Wildman–Crippen MR) is 99.1 cm³/mol. The van der Waals surface area contributed by atoms with Crippen molar-refractivity contribution in [1.29, 1.82) is 0 Å². The molecule has 0 radical (unpaired) electrons. The Labute approximate surface area is 154 Å². The summed E-state index contributed by atoms with van der Waals surface area (Å²) in [4.78, 5) is 14.2. The Kier molecular flexibility index (Phi) is 4.60. The fraction of sp³-hybridized carbons (Fsp3) is 0.722. The van der Waals surface area contributed by atoms with Crippen LogP contribution in [0.5, 0.6) is 0 Å². The van der Waals surface area contributed by atoms with Crippen LogP contribution >= 0.6 is 0 Å². The molecule has 0 bridgehead atoms. The molecule has 0 spiro atoms. The van der Waals surface area contributed by atoms with Gasteiger partial charge in [0.2, 0.25) is 5.95 Å². The molecule has 8 nitrogen and oxygen atoms in total. The Bertz CT molecular complexity index is 758. The van der Waals surface area contributed by atoms with Crippen LogP contribution < -0.4 is 4.90 Å². The summed E-state index contributed by atoms with van der Waals surface area (Å²) < 4.78 is 2.02. The Morgan fingerprint density at radius 2 is 1.77 bits per heavy atom. The molecule has 0 N–H and O–H groups in total. The van der Waals surface area contributed by atoms with Crippen LogP contribution in [0.2, 0.25) is 0 Å². The highest BCUT2D eigenvalue weighted by Crippen LogP contribution is 2.36. The first-order valence-corrected chi connectivity index (χ1v) is 9.65. The van der Waals surface area contributed by atoms with Crippen molar-refractivity contribution in [2.45, 2.75) is 58.5 Å². The van der Waals surface area contributed by atoms with Crippen LogP contribution in [0.1, 0.15) is 68.8 Å². The number of aromatic nitrogens is 6. The van der Waals surface area contributed by atoms with Crippen LogP contribution in [0.15, 0.2) is 6.07 Å². The van der Waals surface area contributed by atoms with Gasteiger partial charge in [-0.2, -0.15) is 0 Å². The van der Waals surface area contributed by atoms with E-state index < -0.39 is 0 Å². The average Bonchev–Trinajstić information content (AvgIpc) is 3.37. The summed E-state index contributed by atoms with van der Waals surface area (Å²) >= 11 is 0. The quantitative estimate of drug-likeness (QED) is 0.812. The third kappa shape index (κ3) is 3.42. The first-order valence-electron chi connectivity index (χ1n) is 9.65. The van der Waals surface area contributed by atoms with Crippen LogP contribution in [0, 0.1) is 6.92 Å². The van der Waals surface area contributed by atoms with Gasteiger partial charge in [0.1, 0.15) is 0 Å². The van der Waals surface area contributed by atoms with Gasteiger partial charge in [0.05, 0.1) is 12.1 Å². The lowest BCUT2D eigenvalue weighted by Crippen LogP contribution is -2.48. The minimum absolute atomic E-state index is 0.234. The molecule has 2 aliphatic rings. The predicted octanol–water partition coefficient (Wildman–Crippen LogP) is 2.11. The fourth-order valence-corrected chi connectivity index (χ4v) is 3.54. The van der Waals surface area contributed by atoms with E-state index in [1.165, 1.54) is 12.8 Å². The summed E-state index contributed by atoms with van der Waals surface area (Å²) in [5.41, 5.74) is 2.16. The van der Waals surface area contributed by atoms with E-state index in [2.05, 4.69) is 57.1 Å². The van der Waals surface area contributed by atoms with Gasteiger partial charge in [0.25, 0.3) is 0 Å². The van der Waals surface area contributed by atoms with E-state index in [0.29, 0.717) is 12.0 Å². The van der Waals surface area contributed by atoms with Gasteiger partial charge in [-0.15, -0.1) is 5.10 Å². The van der Waals surface area contributed by atoms with Gasteiger partial charge in [-0.05, 0) is 49.1 Å². The summed E-state index contributed by atoms with van der Waals surface area (Å²) in [5, 5.41) is 12.4. The molecule has 2 aromatic heterocycles. The maximum Gasteiger partial charge on any atom is 0.225 e. The minimum Gasteiger partial charge on any atom is -0.338 e. The molecule has 0 aromatic carbocycles. The topological polar surface area (TPSA) is 75.9 Å². The molecule has 1 saturated heterocycles. The van der Waals surface area contributed by atoms with Gasteiger partial charge in [-0.3, -0.25) is 4.90 Å². The standard InChI is InChI=1S/C18H28N8/c1-12(2)16-11-13(3)19-18(20-16)25-9-7-24(8-10-25)14(4)17-21-22-23-26(17)15-5-6-15/h11-12,14-15H,5-10H2,1-4H3. The lowest BCUT2D eigenvalue weighted by atomic mass is 10.1. The first-order chi connectivity index (χ1) is 12.5. The van der Waals surface area contributed by atoms with Gasteiger partial charge < -0.3 is 4.90 Å². The van der Waals surface area contributed by atoms with Crippen molar-refractivity contribution in [2.75, 3.05) is 31.1 Å². The van der Waals surface area contributed by atoms with E-state index in [1.54, 1.807) is 0 Å². The zero-order valence-corrected chi connectivity index (χ0v) is 16.1. The SMILES string of the molecule is Cc1cc(C(C)C)nc(N2CCN(C(C)c3nnnn3C3CC3)CC2)n1. The summed E-state index contributed by atoms with van der Waals surface area (Å²) in [7, 11) is 0. The number of hydrogen-bond donors (Lipinski definition) is 0. The Morgan fingerprint density at radius 1 is 1.04 bits per heavy atom. The number of anilines is 1. The summed E-state index contributed by atoms with van der Waals surface area (Å²) in [6.45, 7) is 12.4. The van der Waals surface area contributed by atoms with Gasteiger partial charge in [-0.1, -0.05) is 13.8 Å². The average molecular weight is 356 g/mol. The normalized spacial score (nSPS) is 20.0. The highest BCUT2D eigenvalue weighted by Gasteiger charge is 2.32. The van der Waals surface area contributed by atoms with E-state index in [-0.39, 0.29) is 6.04 Å². The monoisotopic (exact) mass is 356 g/mol. The van der Waals surface area contributed by atoms with Crippen LogP contribution in [-0.2, 0) is 0 Å². The molecule has 2 fully saturated rings. The van der Waals surface area contributed by atoms with Crippen LogP contribution in [0.25, 0.3) is 0 Å². The summed E-state index contributed by atoms with van der Waals surface area (Å²) in [5.74, 6) is 2.27. The maximum absolute atomic E-state index is 4.78. The van der Waals surface area contributed by atoms with Crippen molar-refractivity contribution in [1.82, 2.24) is 35.1 Å². The van der Waals surface area contributed by atoms with Crippen LogP contribution in [0.4, 0.5) is 5.95 Å². The Balaban J connectivity index is 1.43.